The molecule has 0 radical (unpaired) electrons. The molecular formula is C7H16N2O3. The lowest BCUT2D eigenvalue weighted by Gasteiger charge is -2.04. The number of ether oxygens (including phenoxy) is 1. The minimum absolute atomic E-state index is 0.0181. The molecular weight excluding hydrogens is 160 g/mol. The quantitative estimate of drug-likeness (QED) is 0.406. The highest BCUT2D eigenvalue weighted by Crippen LogP contribution is 1.73. The van der Waals surface area contributed by atoms with Crippen molar-refractivity contribution < 1.29 is 14.6 Å². The predicted octanol–water partition coefficient (Wildman–Crippen LogP) is -1.67. The molecule has 0 aromatic carbocycles. The highest BCUT2D eigenvalue weighted by molar-refractivity contribution is 5.77. The van der Waals surface area contributed by atoms with E-state index in [9.17, 15) is 4.79 Å². The maximum atomic E-state index is 10.8. The molecule has 0 spiro atoms. The monoisotopic (exact) mass is 176 g/mol. The van der Waals surface area contributed by atoms with Crippen LogP contribution in [0.25, 0.3) is 0 Å². The average molecular weight is 176 g/mol. The summed E-state index contributed by atoms with van der Waals surface area (Å²) >= 11 is 0. The molecule has 0 unspecified atom stereocenters. The van der Waals surface area contributed by atoms with Gasteiger partial charge in [0.1, 0.15) is 6.61 Å². The summed E-state index contributed by atoms with van der Waals surface area (Å²) in [6, 6.07) is 0. The third kappa shape index (κ3) is 7.46. The van der Waals surface area contributed by atoms with Crippen LogP contribution in [-0.4, -0.2) is 51.0 Å². The van der Waals surface area contributed by atoms with E-state index in [0.29, 0.717) is 6.54 Å². The minimum Gasteiger partial charge on any atom is -0.394 e. The van der Waals surface area contributed by atoms with Gasteiger partial charge in [-0.3, -0.25) is 4.79 Å². The van der Waals surface area contributed by atoms with Gasteiger partial charge in [-0.25, -0.2) is 0 Å². The molecule has 0 fully saturated rings. The molecule has 0 atom stereocenters. The van der Waals surface area contributed by atoms with E-state index in [1.807, 2.05) is 7.05 Å². The van der Waals surface area contributed by atoms with E-state index in [1.54, 1.807) is 0 Å². The van der Waals surface area contributed by atoms with Crippen molar-refractivity contribution in [2.75, 3.05) is 40.0 Å². The number of aliphatic hydroxyl groups excluding tert-OH is 1. The van der Waals surface area contributed by atoms with E-state index in [0.717, 1.165) is 6.54 Å². The normalized spacial score (nSPS) is 9.83. The van der Waals surface area contributed by atoms with Gasteiger partial charge < -0.3 is 20.5 Å². The van der Waals surface area contributed by atoms with Crippen LogP contribution in [0.1, 0.15) is 0 Å². The Morgan fingerprint density at radius 2 is 2.25 bits per heavy atom. The van der Waals surface area contributed by atoms with Crippen molar-refractivity contribution in [1.82, 2.24) is 10.6 Å². The summed E-state index contributed by atoms with van der Waals surface area (Å²) in [4.78, 5) is 10.8. The molecule has 0 rings (SSSR count). The first-order chi connectivity index (χ1) is 5.81. The highest BCUT2D eigenvalue weighted by Gasteiger charge is 1.98. The lowest BCUT2D eigenvalue weighted by molar-refractivity contribution is -0.125. The van der Waals surface area contributed by atoms with Crippen molar-refractivity contribution in [2.45, 2.75) is 0 Å². The van der Waals surface area contributed by atoms with Gasteiger partial charge in [0.2, 0.25) is 5.91 Å². The summed E-state index contributed by atoms with van der Waals surface area (Å²) in [7, 11) is 1.81. The molecule has 0 bridgehead atoms. The second-order valence-corrected chi connectivity index (χ2v) is 2.23. The zero-order valence-corrected chi connectivity index (χ0v) is 7.30. The molecule has 5 nitrogen and oxygen atoms in total. The van der Waals surface area contributed by atoms with Crippen molar-refractivity contribution in [2.24, 2.45) is 0 Å². The Labute approximate surface area is 72.1 Å². The van der Waals surface area contributed by atoms with Crippen LogP contribution in [0.3, 0.4) is 0 Å². The van der Waals surface area contributed by atoms with Crippen molar-refractivity contribution in [1.29, 1.82) is 0 Å². The topological polar surface area (TPSA) is 70.6 Å². The number of hydrogen-bond acceptors (Lipinski definition) is 4. The molecule has 0 aromatic heterocycles. The molecule has 0 heterocycles. The first-order valence-corrected chi connectivity index (χ1v) is 3.91. The van der Waals surface area contributed by atoms with Gasteiger partial charge in [-0.05, 0) is 7.05 Å². The standard InChI is InChI=1S/C7H16N2O3/c1-8-2-3-9-7(11)6-12-5-4-10/h8,10H,2-6H2,1H3,(H,9,11). The van der Waals surface area contributed by atoms with Crippen LogP contribution in [0, 0.1) is 0 Å². The molecule has 0 aromatic rings. The smallest absolute Gasteiger partial charge is 0.246 e. The second kappa shape index (κ2) is 8.45. The summed E-state index contributed by atoms with van der Waals surface area (Å²) in [5.74, 6) is -0.154. The third-order valence-electron chi connectivity index (χ3n) is 1.17. The minimum atomic E-state index is -0.154. The van der Waals surface area contributed by atoms with E-state index in [-0.39, 0.29) is 25.7 Å². The van der Waals surface area contributed by atoms with Crippen LogP contribution in [0.5, 0.6) is 0 Å². The molecule has 0 saturated heterocycles. The molecule has 12 heavy (non-hydrogen) atoms. The van der Waals surface area contributed by atoms with Gasteiger partial charge in [-0.2, -0.15) is 0 Å². The molecule has 0 aliphatic heterocycles. The summed E-state index contributed by atoms with van der Waals surface area (Å²) in [6.07, 6.45) is 0. The lowest BCUT2D eigenvalue weighted by Crippen LogP contribution is -2.33. The Kier molecular flexibility index (Phi) is 7.99. The largest absolute Gasteiger partial charge is 0.394 e. The fourth-order valence-electron chi connectivity index (χ4n) is 0.607. The van der Waals surface area contributed by atoms with E-state index < -0.39 is 0 Å². The number of aliphatic hydroxyl groups is 1. The molecule has 5 heteroatoms. The zero-order chi connectivity index (χ0) is 9.23. The van der Waals surface area contributed by atoms with Crippen LogP contribution in [0.4, 0.5) is 0 Å². The maximum absolute atomic E-state index is 10.8. The van der Waals surface area contributed by atoms with Crippen molar-refractivity contribution in [3.05, 3.63) is 0 Å². The maximum Gasteiger partial charge on any atom is 0.246 e. The lowest BCUT2D eigenvalue weighted by atomic mass is 10.5. The molecule has 0 aliphatic carbocycles. The summed E-state index contributed by atoms with van der Waals surface area (Å²) in [5.41, 5.74) is 0. The Morgan fingerprint density at radius 3 is 2.83 bits per heavy atom. The number of carbonyl (C=O) groups is 1. The molecule has 0 aliphatic rings. The number of hydrogen-bond donors (Lipinski definition) is 3. The fraction of sp³-hybridized carbons (Fsp3) is 0.857. The zero-order valence-electron chi connectivity index (χ0n) is 7.30. The number of amides is 1. The van der Waals surface area contributed by atoms with Crippen molar-refractivity contribution in [3.63, 3.8) is 0 Å². The van der Waals surface area contributed by atoms with Crippen LogP contribution in [0.2, 0.25) is 0 Å². The van der Waals surface area contributed by atoms with Gasteiger partial charge in [0.25, 0.3) is 0 Å². The highest BCUT2D eigenvalue weighted by atomic mass is 16.5. The molecule has 3 N–H and O–H groups in total. The van der Waals surface area contributed by atoms with E-state index >= 15 is 0 Å². The van der Waals surface area contributed by atoms with Gasteiger partial charge in [0.05, 0.1) is 13.2 Å². The van der Waals surface area contributed by atoms with E-state index in [2.05, 4.69) is 10.6 Å². The number of nitrogens with one attached hydrogen (secondary N) is 2. The Balaban J connectivity index is 3.10. The van der Waals surface area contributed by atoms with Crippen molar-refractivity contribution in [3.8, 4) is 0 Å². The van der Waals surface area contributed by atoms with Crippen LogP contribution in [-0.2, 0) is 9.53 Å². The summed E-state index contributed by atoms with van der Waals surface area (Å²) in [6.45, 7) is 1.51. The number of rotatable bonds is 7. The first kappa shape index (κ1) is 11.4. The van der Waals surface area contributed by atoms with E-state index in [4.69, 9.17) is 9.84 Å². The average Bonchev–Trinajstić information content (AvgIpc) is 2.06. The second-order valence-electron chi connectivity index (χ2n) is 2.23. The Hall–Kier alpha value is -0.650. The van der Waals surface area contributed by atoms with Gasteiger partial charge in [-0.15, -0.1) is 0 Å². The van der Waals surface area contributed by atoms with Gasteiger partial charge in [0, 0.05) is 13.1 Å². The van der Waals surface area contributed by atoms with Gasteiger partial charge in [-0.1, -0.05) is 0 Å². The van der Waals surface area contributed by atoms with Crippen LogP contribution in [0.15, 0.2) is 0 Å². The number of likely N-dealkylation sites (N-methyl/N-ethyl adjacent to an activating group) is 1. The summed E-state index contributed by atoms with van der Waals surface area (Å²) in [5, 5.41) is 13.9. The Bertz CT molecular complexity index is 107. The van der Waals surface area contributed by atoms with Gasteiger partial charge in [0.15, 0.2) is 0 Å². The molecule has 1 amide bonds. The fourth-order valence-corrected chi connectivity index (χ4v) is 0.607. The third-order valence-corrected chi connectivity index (χ3v) is 1.17. The van der Waals surface area contributed by atoms with E-state index in [1.165, 1.54) is 0 Å². The Morgan fingerprint density at radius 1 is 1.50 bits per heavy atom. The molecule has 0 saturated carbocycles. The SMILES string of the molecule is CNCCNC(=O)COCCO. The molecule has 72 valence electrons. The number of carbonyl (C=O) groups excluding carboxylic acids is 1. The van der Waals surface area contributed by atoms with Gasteiger partial charge >= 0.3 is 0 Å². The van der Waals surface area contributed by atoms with Crippen molar-refractivity contribution >= 4 is 5.91 Å². The first-order valence-electron chi connectivity index (χ1n) is 3.91. The van der Waals surface area contributed by atoms with Crippen LogP contribution >= 0.6 is 0 Å². The predicted molar refractivity (Wildman–Crippen MR) is 44.8 cm³/mol. The summed E-state index contributed by atoms with van der Waals surface area (Å²) < 4.78 is 4.79. The van der Waals surface area contributed by atoms with Crippen LogP contribution < -0.4 is 10.6 Å².